The number of aliphatic hydroxyl groups is 1. The Kier molecular flexibility index (Phi) is 6.00. The Bertz CT molecular complexity index is 430. The third-order valence-corrected chi connectivity index (χ3v) is 3.63. The molecule has 4 heteroatoms. The Morgan fingerprint density at radius 3 is 2.90 bits per heavy atom. The normalized spacial score (nSPS) is 21.3. The number of β-amino-alcohol motifs (C(OH)–C–C–N with tert-alkyl or cyclic N) is 1. The summed E-state index contributed by atoms with van der Waals surface area (Å²) in [6.07, 6.45) is 2.59. The van der Waals surface area contributed by atoms with Crippen LogP contribution in [0.4, 0.5) is 0 Å². The van der Waals surface area contributed by atoms with E-state index in [0.717, 1.165) is 31.4 Å². The number of piperidine rings is 1. The van der Waals surface area contributed by atoms with E-state index in [4.69, 9.17) is 10.00 Å². The lowest BCUT2D eigenvalue weighted by molar-refractivity contribution is 0.00194. The molecule has 0 aromatic heterocycles. The summed E-state index contributed by atoms with van der Waals surface area (Å²) in [7, 11) is 0. The quantitative estimate of drug-likeness (QED) is 0.861. The van der Waals surface area contributed by atoms with E-state index in [1.165, 1.54) is 0 Å². The lowest BCUT2D eigenvalue weighted by Gasteiger charge is -2.32. The highest BCUT2D eigenvalue weighted by atomic mass is 16.5. The van der Waals surface area contributed by atoms with Crippen molar-refractivity contribution in [2.45, 2.75) is 38.0 Å². The number of hydrogen-bond donors (Lipinski definition) is 1. The monoisotopic (exact) mass is 274 g/mol. The van der Waals surface area contributed by atoms with E-state index < -0.39 is 6.10 Å². The van der Waals surface area contributed by atoms with Gasteiger partial charge in [0.1, 0.15) is 0 Å². The fraction of sp³-hybridized carbons (Fsp3) is 0.562. The number of benzene rings is 1. The van der Waals surface area contributed by atoms with Gasteiger partial charge in [-0.25, -0.2) is 0 Å². The van der Waals surface area contributed by atoms with E-state index in [2.05, 4.69) is 11.0 Å². The van der Waals surface area contributed by atoms with Gasteiger partial charge in [0.05, 0.1) is 31.4 Å². The van der Waals surface area contributed by atoms with Gasteiger partial charge in [-0.3, -0.25) is 4.90 Å². The molecule has 0 amide bonds. The van der Waals surface area contributed by atoms with Crippen LogP contribution in [0.15, 0.2) is 30.3 Å². The first-order chi connectivity index (χ1) is 9.79. The van der Waals surface area contributed by atoms with Gasteiger partial charge >= 0.3 is 0 Å². The number of hydrogen-bond acceptors (Lipinski definition) is 4. The summed E-state index contributed by atoms with van der Waals surface area (Å²) in [6.45, 7) is 2.24. The molecule has 0 spiro atoms. The molecule has 1 N–H and O–H groups in total. The van der Waals surface area contributed by atoms with Gasteiger partial charge in [0.2, 0.25) is 0 Å². The van der Waals surface area contributed by atoms with Crippen molar-refractivity contribution in [3.8, 4) is 6.07 Å². The molecule has 1 aromatic rings. The first-order valence-electron chi connectivity index (χ1n) is 7.23. The van der Waals surface area contributed by atoms with Crippen LogP contribution in [0.25, 0.3) is 0 Å². The fourth-order valence-electron chi connectivity index (χ4n) is 2.57. The molecule has 2 atom stereocenters. The number of ether oxygens (including phenoxy) is 1. The summed E-state index contributed by atoms with van der Waals surface area (Å²) in [6, 6.07) is 12.2. The zero-order valence-corrected chi connectivity index (χ0v) is 11.7. The fourth-order valence-corrected chi connectivity index (χ4v) is 2.57. The molecule has 1 fully saturated rings. The first-order valence-corrected chi connectivity index (χ1v) is 7.23. The molecular weight excluding hydrogens is 252 g/mol. The van der Waals surface area contributed by atoms with Gasteiger partial charge in [0.25, 0.3) is 0 Å². The molecule has 108 valence electrons. The van der Waals surface area contributed by atoms with Crippen LogP contribution in [-0.2, 0) is 11.3 Å². The van der Waals surface area contributed by atoms with Crippen molar-refractivity contribution in [2.24, 2.45) is 0 Å². The van der Waals surface area contributed by atoms with Gasteiger partial charge in [0, 0.05) is 6.54 Å². The molecule has 2 unspecified atom stereocenters. The average molecular weight is 274 g/mol. The van der Waals surface area contributed by atoms with Crippen molar-refractivity contribution in [1.82, 2.24) is 4.90 Å². The SMILES string of the molecule is N#CC1CCCCN1CC(O)COCc1ccccc1. The largest absolute Gasteiger partial charge is 0.389 e. The number of nitriles is 1. The molecule has 0 saturated carbocycles. The van der Waals surface area contributed by atoms with Crippen molar-refractivity contribution < 1.29 is 9.84 Å². The van der Waals surface area contributed by atoms with E-state index in [0.29, 0.717) is 19.8 Å². The molecule has 1 aromatic carbocycles. The Labute approximate surface area is 120 Å². The van der Waals surface area contributed by atoms with Crippen LogP contribution in [0, 0.1) is 11.3 Å². The molecule has 0 aliphatic carbocycles. The molecule has 1 saturated heterocycles. The minimum Gasteiger partial charge on any atom is -0.389 e. The second-order valence-electron chi connectivity index (χ2n) is 5.29. The average Bonchev–Trinajstić information content (AvgIpc) is 2.49. The van der Waals surface area contributed by atoms with Gasteiger partial charge in [-0.1, -0.05) is 30.3 Å². The number of likely N-dealkylation sites (tertiary alicyclic amines) is 1. The highest BCUT2D eigenvalue weighted by Gasteiger charge is 2.23. The molecule has 1 aliphatic heterocycles. The third kappa shape index (κ3) is 4.61. The van der Waals surface area contributed by atoms with E-state index in [1.807, 2.05) is 30.3 Å². The second kappa shape index (κ2) is 8.01. The van der Waals surface area contributed by atoms with E-state index >= 15 is 0 Å². The van der Waals surface area contributed by atoms with Crippen LogP contribution < -0.4 is 0 Å². The summed E-state index contributed by atoms with van der Waals surface area (Å²) in [4.78, 5) is 2.07. The van der Waals surface area contributed by atoms with Crippen LogP contribution in [0.5, 0.6) is 0 Å². The predicted octanol–water partition coefficient (Wildman–Crippen LogP) is 1.94. The van der Waals surface area contributed by atoms with Gasteiger partial charge in [0.15, 0.2) is 0 Å². The lowest BCUT2D eigenvalue weighted by Crippen LogP contribution is -2.44. The highest BCUT2D eigenvalue weighted by molar-refractivity contribution is 5.13. The van der Waals surface area contributed by atoms with Gasteiger partial charge in [-0.15, -0.1) is 0 Å². The zero-order chi connectivity index (χ0) is 14.2. The first kappa shape index (κ1) is 15.0. The van der Waals surface area contributed by atoms with Gasteiger partial charge in [-0.05, 0) is 31.4 Å². The number of nitrogens with zero attached hydrogens (tertiary/aromatic N) is 2. The van der Waals surface area contributed by atoms with Crippen LogP contribution in [0.1, 0.15) is 24.8 Å². The molecular formula is C16H22N2O2. The van der Waals surface area contributed by atoms with Crippen LogP contribution in [0.2, 0.25) is 0 Å². The molecule has 1 aliphatic rings. The zero-order valence-electron chi connectivity index (χ0n) is 11.7. The van der Waals surface area contributed by atoms with Crippen molar-refractivity contribution >= 4 is 0 Å². The summed E-state index contributed by atoms with van der Waals surface area (Å²) in [5.74, 6) is 0. The maximum Gasteiger partial charge on any atom is 0.0978 e. The Balaban J connectivity index is 1.69. The smallest absolute Gasteiger partial charge is 0.0978 e. The molecule has 4 nitrogen and oxygen atoms in total. The highest BCUT2D eigenvalue weighted by Crippen LogP contribution is 2.16. The molecule has 0 radical (unpaired) electrons. The van der Waals surface area contributed by atoms with Crippen LogP contribution in [-0.4, -0.2) is 41.8 Å². The van der Waals surface area contributed by atoms with Crippen LogP contribution in [0.3, 0.4) is 0 Å². The minimum absolute atomic E-state index is 0.0486. The number of rotatable bonds is 6. The number of aliphatic hydroxyl groups excluding tert-OH is 1. The summed E-state index contributed by atoms with van der Waals surface area (Å²) in [5.41, 5.74) is 1.10. The third-order valence-electron chi connectivity index (χ3n) is 3.63. The second-order valence-corrected chi connectivity index (χ2v) is 5.29. The van der Waals surface area contributed by atoms with Crippen molar-refractivity contribution in [3.05, 3.63) is 35.9 Å². The van der Waals surface area contributed by atoms with Gasteiger partial charge < -0.3 is 9.84 Å². The Hall–Kier alpha value is -1.41. The Morgan fingerprint density at radius 1 is 1.35 bits per heavy atom. The molecule has 20 heavy (non-hydrogen) atoms. The maximum absolute atomic E-state index is 10.0. The topological polar surface area (TPSA) is 56.5 Å². The predicted molar refractivity (Wildman–Crippen MR) is 76.9 cm³/mol. The van der Waals surface area contributed by atoms with Crippen molar-refractivity contribution in [2.75, 3.05) is 19.7 Å². The van der Waals surface area contributed by atoms with E-state index in [1.54, 1.807) is 0 Å². The van der Waals surface area contributed by atoms with Crippen LogP contribution >= 0.6 is 0 Å². The van der Waals surface area contributed by atoms with E-state index in [9.17, 15) is 5.11 Å². The molecule has 0 bridgehead atoms. The summed E-state index contributed by atoms with van der Waals surface area (Å²) >= 11 is 0. The molecule has 1 heterocycles. The van der Waals surface area contributed by atoms with Crippen molar-refractivity contribution in [3.63, 3.8) is 0 Å². The summed E-state index contributed by atoms with van der Waals surface area (Å²) in [5, 5.41) is 19.1. The van der Waals surface area contributed by atoms with E-state index in [-0.39, 0.29) is 6.04 Å². The standard InChI is InChI=1S/C16H22N2O2/c17-10-15-8-4-5-9-18(15)11-16(19)13-20-12-14-6-2-1-3-7-14/h1-3,6-7,15-16,19H,4-5,8-9,11-13H2. The summed E-state index contributed by atoms with van der Waals surface area (Å²) < 4.78 is 5.53. The van der Waals surface area contributed by atoms with Crippen molar-refractivity contribution in [1.29, 1.82) is 5.26 Å². The lowest BCUT2D eigenvalue weighted by atomic mass is 10.0. The Morgan fingerprint density at radius 2 is 2.15 bits per heavy atom. The minimum atomic E-state index is -0.535. The maximum atomic E-state index is 10.0. The van der Waals surface area contributed by atoms with Gasteiger partial charge in [-0.2, -0.15) is 5.26 Å². The molecule has 2 rings (SSSR count).